The Kier molecular flexibility index (Phi) is 4.31. The molecule has 0 fully saturated rings. The molecule has 1 amide bonds. The molecule has 3 aromatic heterocycles. The van der Waals surface area contributed by atoms with E-state index in [4.69, 9.17) is 10.2 Å². The van der Waals surface area contributed by atoms with Crippen LogP contribution in [-0.4, -0.2) is 15.9 Å². The fourth-order valence-electron chi connectivity index (χ4n) is 2.63. The highest BCUT2D eigenvalue weighted by atomic mass is 32.1. The lowest BCUT2D eigenvalue weighted by atomic mass is 10.2. The maximum Gasteiger partial charge on any atom is 0.417 e. The summed E-state index contributed by atoms with van der Waals surface area (Å²) in [6.45, 7) is 0. The van der Waals surface area contributed by atoms with Gasteiger partial charge >= 0.3 is 5.76 Å². The van der Waals surface area contributed by atoms with Gasteiger partial charge in [0.05, 0.1) is 16.1 Å². The third-order valence-electron chi connectivity index (χ3n) is 3.75. The van der Waals surface area contributed by atoms with E-state index in [1.807, 2.05) is 17.5 Å². The van der Waals surface area contributed by atoms with E-state index in [9.17, 15) is 9.59 Å². The summed E-state index contributed by atoms with van der Waals surface area (Å²) in [6.07, 6.45) is 0.860. The van der Waals surface area contributed by atoms with E-state index >= 15 is 0 Å². The van der Waals surface area contributed by atoms with E-state index in [0.29, 0.717) is 34.8 Å². The molecule has 4 aromatic rings. The van der Waals surface area contributed by atoms with Gasteiger partial charge in [-0.25, -0.2) is 9.78 Å². The van der Waals surface area contributed by atoms with Crippen molar-refractivity contribution >= 4 is 50.5 Å². The first kappa shape index (κ1) is 16.6. The first-order valence-electron chi connectivity index (χ1n) is 7.80. The van der Waals surface area contributed by atoms with Crippen molar-refractivity contribution in [3.05, 3.63) is 51.1 Å². The van der Waals surface area contributed by atoms with Gasteiger partial charge < -0.3 is 15.5 Å². The number of nitrogens with zero attached hydrogens (tertiary/aromatic N) is 1. The quantitative estimate of drug-likeness (QED) is 0.486. The Balaban J connectivity index is 1.44. The second-order valence-electron chi connectivity index (χ2n) is 5.57. The van der Waals surface area contributed by atoms with Crippen LogP contribution in [0.1, 0.15) is 11.3 Å². The normalized spacial score (nSPS) is 11.1. The number of nitrogen functional groups attached to an aromatic ring is 1. The van der Waals surface area contributed by atoms with Crippen LogP contribution in [0.25, 0.3) is 21.7 Å². The van der Waals surface area contributed by atoms with Gasteiger partial charge in [0.2, 0.25) is 5.91 Å². The summed E-state index contributed by atoms with van der Waals surface area (Å²) in [4.78, 5) is 32.5. The summed E-state index contributed by atoms with van der Waals surface area (Å²) in [7, 11) is 0. The molecule has 0 aliphatic carbocycles. The molecule has 0 radical (unpaired) electrons. The molecule has 0 saturated heterocycles. The maximum atomic E-state index is 12.3. The Hall–Kier alpha value is -2.91. The monoisotopic (exact) mass is 386 g/mol. The molecule has 9 heteroatoms. The molecule has 1 aromatic carbocycles. The highest BCUT2D eigenvalue weighted by Crippen LogP contribution is 2.33. The Morgan fingerprint density at radius 2 is 2.23 bits per heavy atom. The smallest absolute Gasteiger partial charge is 0.408 e. The number of thiazole rings is 1. The number of hydrogen-bond acceptors (Lipinski definition) is 7. The van der Waals surface area contributed by atoms with E-state index < -0.39 is 5.76 Å². The number of aromatic nitrogens is 2. The van der Waals surface area contributed by atoms with Gasteiger partial charge in [0, 0.05) is 17.0 Å². The van der Waals surface area contributed by atoms with Crippen molar-refractivity contribution in [2.75, 3.05) is 11.1 Å². The molecule has 4 N–H and O–H groups in total. The fraction of sp³-hybridized carbons (Fsp3) is 0.118. The highest BCUT2D eigenvalue weighted by Gasteiger charge is 2.14. The lowest BCUT2D eigenvalue weighted by Crippen LogP contribution is -2.12. The molecule has 0 atom stereocenters. The number of aryl methyl sites for hydroxylation is 1. The van der Waals surface area contributed by atoms with Crippen molar-refractivity contribution in [1.29, 1.82) is 0 Å². The van der Waals surface area contributed by atoms with Crippen molar-refractivity contribution in [3.8, 4) is 10.6 Å². The number of nitrogens with one attached hydrogen (secondary N) is 2. The Morgan fingerprint density at radius 1 is 1.35 bits per heavy atom. The van der Waals surface area contributed by atoms with E-state index in [1.165, 1.54) is 11.3 Å². The highest BCUT2D eigenvalue weighted by molar-refractivity contribution is 7.17. The first-order chi connectivity index (χ1) is 12.6. The molecule has 0 spiro atoms. The summed E-state index contributed by atoms with van der Waals surface area (Å²) < 4.78 is 4.94. The molecule has 0 aliphatic rings. The lowest BCUT2D eigenvalue weighted by Gasteiger charge is -2.05. The molecule has 7 nitrogen and oxygen atoms in total. The van der Waals surface area contributed by atoms with E-state index in [1.54, 1.807) is 29.5 Å². The minimum atomic E-state index is -0.521. The average molecular weight is 386 g/mol. The maximum absolute atomic E-state index is 12.3. The van der Waals surface area contributed by atoms with Gasteiger partial charge in [0.25, 0.3) is 0 Å². The zero-order valence-electron chi connectivity index (χ0n) is 13.4. The molecule has 132 valence electrons. The molecular formula is C17H14N4O3S2. The van der Waals surface area contributed by atoms with Gasteiger partial charge in [-0.2, -0.15) is 0 Å². The molecule has 0 unspecified atom stereocenters. The number of hydrogen-bond donors (Lipinski definition) is 3. The molecule has 0 bridgehead atoms. The van der Waals surface area contributed by atoms with Crippen LogP contribution >= 0.6 is 22.7 Å². The first-order valence-corrected chi connectivity index (χ1v) is 9.50. The summed E-state index contributed by atoms with van der Waals surface area (Å²) in [5, 5.41) is 5.31. The van der Waals surface area contributed by atoms with Crippen molar-refractivity contribution in [2.45, 2.75) is 12.8 Å². The summed E-state index contributed by atoms with van der Waals surface area (Å²) in [5.74, 6) is -0.647. The van der Waals surface area contributed by atoms with Crippen molar-refractivity contribution < 1.29 is 9.21 Å². The number of thiophene rings is 1. The third kappa shape index (κ3) is 3.39. The summed E-state index contributed by atoms with van der Waals surface area (Å²) in [6, 6.07) is 8.95. The Morgan fingerprint density at radius 3 is 3.04 bits per heavy atom. The zero-order valence-corrected chi connectivity index (χ0v) is 15.1. The zero-order chi connectivity index (χ0) is 18.1. The van der Waals surface area contributed by atoms with Crippen LogP contribution in [-0.2, 0) is 11.2 Å². The molecule has 26 heavy (non-hydrogen) atoms. The Labute approximate surface area is 155 Å². The van der Waals surface area contributed by atoms with Crippen LogP contribution < -0.4 is 16.8 Å². The van der Waals surface area contributed by atoms with Crippen LogP contribution in [0.15, 0.2) is 44.9 Å². The lowest BCUT2D eigenvalue weighted by molar-refractivity contribution is -0.116. The number of anilines is 2. The number of aromatic amines is 1. The van der Waals surface area contributed by atoms with Crippen molar-refractivity contribution in [1.82, 2.24) is 9.97 Å². The number of carbonyl (C=O) groups excluding carboxylic acids is 1. The fourth-order valence-corrected chi connectivity index (χ4v) is 4.28. The summed E-state index contributed by atoms with van der Waals surface area (Å²) in [5.41, 5.74) is 8.29. The van der Waals surface area contributed by atoms with Gasteiger partial charge in [-0.1, -0.05) is 6.07 Å². The third-order valence-corrected chi connectivity index (χ3v) is 5.57. The number of H-pyrrole nitrogens is 1. The minimum absolute atomic E-state index is 0.126. The van der Waals surface area contributed by atoms with Crippen LogP contribution in [0.2, 0.25) is 0 Å². The average Bonchev–Trinajstić information content (AvgIpc) is 3.31. The number of fused-ring (bicyclic) bond motifs is 1. The van der Waals surface area contributed by atoms with Crippen molar-refractivity contribution in [3.63, 3.8) is 0 Å². The van der Waals surface area contributed by atoms with E-state index in [-0.39, 0.29) is 5.91 Å². The van der Waals surface area contributed by atoms with Crippen LogP contribution in [0.4, 0.5) is 10.8 Å². The molecule has 0 aliphatic heterocycles. The standard InChI is InChI=1S/C17H14N4O3S2/c18-16-21-15(12-2-1-7-25-12)13(26-16)5-6-14(22)19-9-3-4-11-10(8-9)20-17(23)24-11/h1-4,7-8H,5-6H2,(H2,18,21)(H,19,22)(H,20,23). The number of oxazole rings is 1. The topological polar surface area (TPSA) is 114 Å². The van der Waals surface area contributed by atoms with E-state index in [0.717, 1.165) is 15.4 Å². The van der Waals surface area contributed by atoms with Crippen molar-refractivity contribution in [2.24, 2.45) is 0 Å². The summed E-state index contributed by atoms with van der Waals surface area (Å²) >= 11 is 3.00. The number of carbonyl (C=O) groups is 1. The van der Waals surface area contributed by atoms with Gasteiger partial charge in [0.1, 0.15) is 0 Å². The minimum Gasteiger partial charge on any atom is -0.408 e. The van der Waals surface area contributed by atoms with Crippen LogP contribution in [0, 0.1) is 0 Å². The van der Waals surface area contributed by atoms with Gasteiger partial charge in [-0.05, 0) is 36.1 Å². The van der Waals surface area contributed by atoms with Gasteiger partial charge in [-0.3, -0.25) is 9.78 Å². The number of amides is 1. The Bertz CT molecular complexity index is 1120. The molecule has 4 rings (SSSR count). The number of nitrogens with two attached hydrogens (primary N) is 1. The SMILES string of the molecule is Nc1nc(-c2cccs2)c(CCC(=O)Nc2ccc3oc(=O)[nH]c3c2)s1. The second-order valence-corrected chi connectivity index (χ2v) is 7.64. The van der Waals surface area contributed by atoms with Crippen LogP contribution in [0.5, 0.6) is 0 Å². The molecule has 3 heterocycles. The predicted molar refractivity (Wildman–Crippen MR) is 104 cm³/mol. The van der Waals surface area contributed by atoms with E-state index in [2.05, 4.69) is 15.3 Å². The van der Waals surface area contributed by atoms with Gasteiger partial charge in [0.15, 0.2) is 10.7 Å². The second kappa shape index (κ2) is 6.77. The van der Waals surface area contributed by atoms with Crippen LogP contribution in [0.3, 0.4) is 0 Å². The molecular weight excluding hydrogens is 372 g/mol. The largest absolute Gasteiger partial charge is 0.417 e. The van der Waals surface area contributed by atoms with Gasteiger partial charge in [-0.15, -0.1) is 22.7 Å². The number of benzene rings is 1. The molecule has 0 saturated carbocycles. The predicted octanol–water partition coefficient (Wildman–Crippen LogP) is 3.46. The number of rotatable bonds is 5.